The zero-order valence-corrected chi connectivity index (χ0v) is 29.5. The number of hydrogen-bond acceptors (Lipinski definition) is 7. The highest BCUT2D eigenvalue weighted by Crippen LogP contribution is 2.33. The molecule has 10 heteroatoms. The fourth-order valence-corrected chi connectivity index (χ4v) is 6.20. The Kier molecular flexibility index (Phi) is 13.6. The lowest BCUT2D eigenvalue weighted by molar-refractivity contribution is -0.123. The van der Waals surface area contributed by atoms with Crippen LogP contribution in [0.5, 0.6) is 5.75 Å². The highest BCUT2D eigenvalue weighted by molar-refractivity contribution is 6.09. The minimum Gasteiger partial charge on any atom is -0.491 e. The van der Waals surface area contributed by atoms with E-state index in [2.05, 4.69) is 41.6 Å². The first-order valence-corrected chi connectivity index (χ1v) is 17.7. The topological polar surface area (TPSA) is 109 Å². The molecule has 1 saturated heterocycles. The molecule has 2 N–H and O–H groups in total. The predicted molar refractivity (Wildman–Crippen MR) is 197 cm³/mol. The first-order chi connectivity index (χ1) is 24.3. The van der Waals surface area contributed by atoms with E-state index in [1.165, 1.54) is 12.5 Å². The van der Waals surface area contributed by atoms with Crippen LogP contribution in [0.3, 0.4) is 0 Å². The molecule has 10 nitrogen and oxygen atoms in total. The molecule has 3 aromatic carbocycles. The Morgan fingerprint density at radius 3 is 2.40 bits per heavy atom. The third-order valence-electron chi connectivity index (χ3n) is 9.12. The second-order valence-electron chi connectivity index (χ2n) is 12.9. The average molecular weight is 683 g/mol. The molecule has 0 unspecified atom stereocenters. The van der Waals surface area contributed by atoms with E-state index in [1.54, 1.807) is 4.90 Å². The van der Waals surface area contributed by atoms with Gasteiger partial charge in [0.15, 0.2) is 0 Å². The lowest BCUT2D eigenvalue weighted by Gasteiger charge is -2.31. The van der Waals surface area contributed by atoms with Crippen LogP contribution in [-0.2, 0) is 30.4 Å². The second kappa shape index (κ2) is 18.5. The van der Waals surface area contributed by atoms with E-state index in [0.717, 1.165) is 74.5 Å². The Hall–Kier alpha value is -4.51. The number of nitrogens with zero attached hydrogens (tertiary/aromatic N) is 2. The molecule has 5 rings (SSSR count). The van der Waals surface area contributed by atoms with Gasteiger partial charge in [-0.15, -0.1) is 0 Å². The van der Waals surface area contributed by atoms with E-state index >= 15 is 0 Å². The van der Waals surface area contributed by atoms with Crippen molar-refractivity contribution >= 4 is 35.2 Å². The van der Waals surface area contributed by atoms with Crippen molar-refractivity contribution in [2.75, 3.05) is 63.4 Å². The van der Waals surface area contributed by atoms with Crippen LogP contribution in [0.4, 0.5) is 11.4 Å². The number of amides is 3. The molecule has 0 atom stereocenters. The van der Waals surface area contributed by atoms with E-state index < -0.39 is 0 Å². The molecule has 2 aliphatic heterocycles. The quantitative estimate of drug-likeness (QED) is 0.188. The van der Waals surface area contributed by atoms with Crippen molar-refractivity contribution in [2.45, 2.75) is 58.5 Å². The van der Waals surface area contributed by atoms with Crippen molar-refractivity contribution < 1.29 is 28.6 Å². The zero-order chi connectivity index (χ0) is 35.3. The average Bonchev–Trinajstić information content (AvgIpc) is 3.33. The fourth-order valence-electron chi connectivity index (χ4n) is 6.20. The van der Waals surface area contributed by atoms with Crippen molar-refractivity contribution in [2.24, 2.45) is 0 Å². The van der Waals surface area contributed by atoms with Gasteiger partial charge in [-0.05, 0) is 97.5 Å². The van der Waals surface area contributed by atoms with E-state index in [4.69, 9.17) is 14.2 Å². The van der Waals surface area contributed by atoms with Crippen molar-refractivity contribution in [3.05, 3.63) is 83.4 Å². The van der Waals surface area contributed by atoms with Crippen molar-refractivity contribution in [3.8, 4) is 16.9 Å². The molecule has 3 aromatic rings. The van der Waals surface area contributed by atoms with Gasteiger partial charge in [-0.3, -0.25) is 19.3 Å². The van der Waals surface area contributed by atoms with Gasteiger partial charge >= 0.3 is 0 Å². The summed E-state index contributed by atoms with van der Waals surface area (Å²) in [5.41, 5.74) is 5.79. The molecular formula is C40H50N4O6. The van der Waals surface area contributed by atoms with Crippen LogP contribution >= 0.6 is 0 Å². The number of fused-ring (bicyclic) bond motifs is 1. The molecule has 2 heterocycles. The standard InChI is InChI=1S/C40H50N4O6/c1-4-5-20-48-23-24-50-37-13-8-31(9-14-37)32-10-15-38-34(25-32)26-33(16-19-44(38)39(46)27-41-29(2)45)40(47)42-35-11-6-30(7-12-35)28-43(3)36-17-21-49-22-18-36/h6-15,25-26,36H,4-5,16-24,27-28H2,1-3H3,(H,41,45)(H,42,47). The molecule has 0 aromatic heterocycles. The monoisotopic (exact) mass is 682 g/mol. The third-order valence-corrected chi connectivity index (χ3v) is 9.12. The third kappa shape index (κ3) is 10.5. The molecule has 3 amide bonds. The molecular weight excluding hydrogens is 632 g/mol. The maximum absolute atomic E-state index is 13.7. The van der Waals surface area contributed by atoms with Gasteiger partial charge in [0.1, 0.15) is 12.4 Å². The van der Waals surface area contributed by atoms with E-state index in [9.17, 15) is 14.4 Å². The molecule has 0 saturated carbocycles. The van der Waals surface area contributed by atoms with Crippen LogP contribution in [0.25, 0.3) is 17.2 Å². The maximum Gasteiger partial charge on any atom is 0.251 e. The number of hydrogen-bond donors (Lipinski definition) is 2. The van der Waals surface area contributed by atoms with Crippen LogP contribution in [0.1, 0.15) is 57.1 Å². The summed E-state index contributed by atoms with van der Waals surface area (Å²) in [5.74, 6) is 0.0192. The number of ether oxygens (including phenoxy) is 3. The number of carbonyl (C=O) groups is 3. The van der Waals surface area contributed by atoms with Crippen LogP contribution in [0.15, 0.2) is 72.3 Å². The van der Waals surface area contributed by atoms with Crippen LogP contribution in [0.2, 0.25) is 0 Å². The van der Waals surface area contributed by atoms with Gasteiger partial charge in [-0.1, -0.05) is 43.7 Å². The first-order valence-electron chi connectivity index (χ1n) is 17.7. The smallest absolute Gasteiger partial charge is 0.251 e. The Bertz CT molecular complexity index is 1620. The van der Waals surface area contributed by atoms with Crippen LogP contribution < -0.4 is 20.3 Å². The lowest BCUT2D eigenvalue weighted by Crippen LogP contribution is -2.40. The van der Waals surface area contributed by atoms with Crippen molar-refractivity contribution in [1.29, 1.82) is 0 Å². The second-order valence-corrected chi connectivity index (χ2v) is 12.9. The highest BCUT2D eigenvalue weighted by Gasteiger charge is 2.25. The van der Waals surface area contributed by atoms with Gasteiger partial charge in [0, 0.05) is 57.1 Å². The molecule has 0 bridgehead atoms. The van der Waals surface area contributed by atoms with Crippen LogP contribution in [0, 0.1) is 0 Å². The van der Waals surface area contributed by atoms with Gasteiger partial charge in [0.25, 0.3) is 5.91 Å². The molecule has 50 heavy (non-hydrogen) atoms. The fraction of sp³-hybridized carbons (Fsp3) is 0.425. The molecule has 266 valence electrons. The van der Waals surface area contributed by atoms with E-state index in [-0.39, 0.29) is 24.3 Å². The normalized spacial score (nSPS) is 14.8. The Labute approximate surface area is 295 Å². The molecule has 0 aliphatic carbocycles. The summed E-state index contributed by atoms with van der Waals surface area (Å²) in [6, 6.07) is 22.2. The summed E-state index contributed by atoms with van der Waals surface area (Å²) in [6.07, 6.45) is 6.44. The number of rotatable bonds is 15. The SMILES string of the molecule is CCCCOCCOc1ccc(-c2ccc3c(c2)C=C(C(=O)Nc2ccc(CN(C)C4CCOCC4)cc2)CCN3C(=O)CNC(C)=O)cc1. The summed E-state index contributed by atoms with van der Waals surface area (Å²) in [5, 5.41) is 5.67. The number of benzene rings is 3. The van der Waals surface area contributed by atoms with Gasteiger partial charge in [0.05, 0.1) is 18.8 Å². The summed E-state index contributed by atoms with van der Waals surface area (Å²) in [4.78, 5) is 42.6. The number of nitrogens with one attached hydrogen (secondary N) is 2. The maximum atomic E-state index is 13.7. The summed E-state index contributed by atoms with van der Waals surface area (Å²) < 4.78 is 16.9. The van der Waals surface area contributed by atoms with Crippen molar-refractivity contribution in [1.82, 2.24) is 10.2 Å². The predicted octanol–water partition coefficient (Wildman–Crippen LogP) is 6.05. The molecule has 1 fully saturated rings. The molecule has 0 radical (unpaired) electrons. The zero-order valence-electron chi connectivity index (χ0n) is 29.5. The Balaban J connectivity index is 1.30. The number of unbranched alkanes of at least 4 members (excludes halogenated alkanes) is 1. The van der Waals surface area contributed by atoms with Crippen LogP contribution in [-0.4, -0.2) is 81.8 Å². The molecule has 2 aliphatic rings. The van der Waals surface area contributed by atoms with Gasteiger partial charge in [-0.25, -0.2) is 0 Å². The van der Waals surface area contributed by atoms with Gasteiger partial charge < -0.3 is 29.7 Å². The first kappa shape index (κ1) is 36.8. The highest BCUT2D eigenvalue weighted by atomic mass is 16.5. The Morgan fingerprint density at radius 2 is 1.68 bits per heavy atom. The lowest BCUT2D eigenvalue weighted by atomic mass is 10.00. The van der Waals surface area contributed by atoms with Gasteiger partial charge in [-0.2, -0.15) is 0 Å². The van der Waals surface area contributed by atoms with E-state index in [0.29, 0.717) is 49.2 Å². The van der Waals surface area contributed by atoms with Crippen molar-refractivity contribution in [3.63, 3.8) is 0 Å². The summed E-state index contributed by atoms with van der Waals surface area (Å²) in [6.45, 7) is 7.91. The summed E-state index contributed by atoms with van der Waals surface area (Å²) >= 11 is 0. The van der Waals surface area contributed by atoms with Gasteiger partial charge in [0.2, 0.25) is 11.8 Å². The van der Waals surface area contributed by atoms with E-state index in [1.807, 2.05) is 60.7 Å². The minimum atomic E-state index is -0.278. The summed E-state index contributed by atoms with van der Waals surface area (Å²) in [7, 11) is 2.15. The Morgan fingerprint density at radius 1 is 0.940 bits per heavy atom. The number of anilines is 2. The number of carbonyl (C=O) groups excluding carboxylic acids is 3. The molecule has 0 spiro atoms. The minimum absolute atomic E-state index is 0.126. The largest absolute Gasteiger partial charge is 0.491 e.